The zero-order valence-corrected chi connectivity index (χ0v) is 18.1. The smallest absolute Gasteiger partial charge is 0.367 e. The number of carbonyl (C=O) groups excluding carboxylic acids is 3. The number of nitrogens with zero attached hydrogens (tertiary/aromatic N) is 3. The van der Waals surface area contributed by atoms with Crippen molar-refractivity contribution in [3.8, 4) is 0 Å². The number of ketones is 2. The second kappa shape index (κ2) is 8.51. The quantitative estimate of drug-likeness (QED) is 0.724. The summed E-state index contributed by atoms with van der Waals surface area (Å²) in [4.78, 5) is 43.8. The number of rotatable bonds is 3. The Kier molecular flexibility index (Phi) is 5.87. The maximum Gasteiger partial charge on any atom is 0.418 e. The highest BCUT2D eigenvalue weighted by Gasteiger charge is 2.37. The van der Waals surface area contributed by atoms with Crippen molar-refractivity contribution in [3.63, 3.8) is 0 Å². The molecule has 1 amide bonds. The molecular weight excluding hydrogens is 461 g/mol. The number of carbonyl (C=O) groups is 3. The van der Waals surface area contributed by atoms with Crippen molar-refractivity contribution in [1.82, 2.24) is 9.88 Å². The van der Waals surface area contributed by atoms with Crippen molar-refractivity contribution in [2.24, 2.45) is 0 Å². The number of pyridine rings is 1. The van der Waals surface area contributed by atoms with Crippen LogP contribution in [0.3, 0.4) is 0 Å². The zero-order chi connectivity index (χ0) is 23.9. The molecule has 4 rings (SSSR count). The predicted octanol–water partition coefficient (Wildman–Crippen LogP) is 3.71. The van der Waals surface area contributed by atoms with E-state index in [2.05, 4.69) is 10.3 Å². The molecule has 0 unspecified atom stereocenters. The number of fused-ring (bicyclic) bond motifs is 1. The third-order valence-corrected chi connectivity index (χ3v) is 5.91. The number of Topliss-reactive ketones (excluding diaryl/α,β-unsaturated/α-hetero) is 2. The maximum absolute atomic E-state index is 13.9. The van der Waals surface area contributed by atoms with Crippen LogP contribution in [-0.4, -0.2) is 53.5 Å². The fourth-order valence-corrected chi connectivity index (χ4v) is 4.08. The lowest BCUT2D eigenvalue weighted by molar-refractivity contribution is -0.137. The summed E-state index contributed by atoms with van der Waals surface area (Å²) in [7, 11) is 0. The van der Waals surface area contributed by atoms with Gasteiger partial charge in [-0.25, -0.2) is 0 Å². The number of benzene rings is 1. The standard InChI is InChI=1S/C22H18ClF3N4O3/c1-12(31)29-7-9-30(10-8-29)16-5-4-13(11-15(16)22(24,25)26)28-19-17(23)21(33)18-14(20(19)32)3-2-6-27-18/h2-6,11,28H,7-10H2,1H3. The van der Waals surface area contributed by atoms with Crippen molar-refractivity contribution in [2.45, 2.75) is 13.1 Å². The fourth-order valence-electron chi connectivity index (χ4n) is 3.86. The number of piperazine rings is 1. The minimum absolute atomic E-state index is 0.0189. The summed E-state index contributed by atoms with van der Waals surface area (Å²) >= 11 is 6.07. The Morgan fingerprint density at radius 3 is 2.42 bits per heavy atom. The molecule has 0 radical (unpaired) electrons. The molecule has 11 heteroatoms. The van der Waals surface area contributed by atoms with Crippen LogP contribution in [-0.2, 0) is 11.0 Å². The molecule has 0 atom stereocenters. The molecule has 1 N–H and O–H groups in total. The van der Waals surface area contributed by atoms with E-state index in [9.17, 15) is 27.6 Å². The van der Waals surface area contributed by atoms with Gasteiger partial charge in [0, 0.05) is 50.7 Å². The van der Waals surface area contributed by atoms with Crippen molar-refractivity contribution < 1.29 is 27.6 Å². The van der Waals surface area contributed by atoms with E-state index in [1.54, 1.807) is 9.80 Å². The van der Waals surface area contributed by atoms with Gasteiger partial charge in [-0.3, -0.25) is 19.4 Å². The van der Waals surface area contributed by atoms with Gasteiger partial charge in [0.15, 0.2) is 0 Å². The summed E-state index contributed by atoms with van der Waals surface area (Å²) in [6.07, 6.45) is -3.33. The van der Waals surface area contributed by atoms with Crippen LogP contribution >= 0.6 is 11.6 Å². The second-order valence-electron chi connectivity index (χ2n) is 7.59. The Hall–Kier alpha value is -3.40. The first kappa shape index (κ1) is 22.8. The monoisotopic (exact) mass is 478 g/mol. The summed E-state index contributed by atoms with van der Waals surface area (Å²) in [6, 6.07) is 6.44. The van der Waals surface area contributed by atoms with Gasteiger partial charge >= 0.3 is 6.18 Å². The van der Waals surface area contributed by atoms with Crippen LogP contribution in [0.15, 0.2) is 47.3 Å². The molecule has 7 nitrogen and oxygen atoms in total. The molecule has 0 bridgehead atoms. The first-order valence-corrected chi connectivity index (χ1v) is 10.4. The van der Waals surface area contributed by atoms with Crippen LogP contribution in [0.5, 0.6) is 0 Å². The zero-order valence-electron chi connectivity index (χ0n) is 17.4. The SMILES string of the molecule is CC(=O)N1CCN(c2ccc(NC3=C(Cl)C(=O)c4ncccc4C3=O)cc2C(F)(F)F)CC1. The molecule has 33 heavy (non-hydrogen) atoms. The van der Waals surface area contributed by atoms with Crippen LogP contribution in [0.2, 0.25) is 0 Å². The van der Waals surface area contributed by atoms with Gasteiger partial charge in [-0.2, -0.15) is 13.2 Å². The number of hydrogen-bond acceptors (Lipinski definition) is 6. The molecule has 1 aromatic carbocycles. The normalized spacial score (nSPS) is 16.8. The summed E-state index contributed by atoms with van der Waals surface area (Å²) < 4.78 is 41.7. The van der Waals surface area contributed by atoms with Crippen LogP contribution in [0.1, 0.15) is 33.3 Å². The molecule has 1 aliphatic heterocycles. The molecule has 1 fully saturated rings. The molecule has 2 heterocycles. The number of amides is 1. The Morgan fingerprint density at radius 2 is 1.79 bits per heavy atom. The predicted molar refractivity (Wildman–Crippen MR) is 115 cm³/mol. The van der Waals surface area contributed by atoms with Crippen LogP contribution < -0.4 is 10.2 Å². The molecule has 2 aliphatic rings. The molecule has 1 aromatic heterocycles. The van der Waals surface area contributed by atoms with Crippen LogP contribution in [0.4, 0.5) is 24.5 Å². The molecule has 0 spiro atoms. The summed E-state index contributed by atoms with van der Waals surface area (Å²) in [5.41, 5.74) is -1.37. The highest BCUT2D eigenvalue weighted by Crippen LogP contribution is 2.39. The Labute approximate surface area is 191 Å². The largest absolute Gasteiger partial charge is 0.418 e. The van der Waals surface area contributed by atoms with E-state index in [1.165, 1.54) is 37.4 Å². The molecular formula is C22H18ClF3N4O3. The number of nitrogens with one attached hydrogen (secondary N) is 1. The van der Waals surface area contributed by atoms with E-state index < -0.39 is 28.3 Å². The number of anilines is 2. The minimum atomic E-state index is -4.67. The maximum atomic E-state index is 13.9. The van der Waals surface area contributed by atoms with Gasteiger partial charge < -0.3 is 15.1 Å². The third kappa shape index (κ3) is 4.30. The lowest BCUT2D eigenvalue weighted by Crippen LogP contribution is -2.48. The van der Waals surface area contributed by atoms with Crippen molar-refractivity contribution in [2.75, 3.05) is 36.4 Å². The van der Waals surface area contributed by atoms with Crippen LogP contribution in [0.25, 0.3) is 0 Å². The Bertz CT molecular complexity index is 1190. The third-order valence-electron chi connectivity index (χ3n) is 5.55. The average molecular weight is 479 g/mol. The molecule has 172 valence electrons. The van der Waals surface area contributed by atoms with Gasteiger partial charge in [-0.1, -0.05) is 11.6 Å². The summed E-state index contributed by atoms with van der Waals surface area (Å²) in [6.45, 7) is 2.56. The highest BCUT2D eigenvalue weighted by atomic mass is 35.5. The van der Waals surface area contributed by atoms with E-state index in [0.29, 0.717) is 13.1 Å². The van der Waals surface area contributed by atoms with Crippen molar-refractivity contribution >= 4 is 40.4 Å². The van der Waals surface area contributed by atoms with E-state index in [-0.39, 0.29) is 47.3 Å². The number of aromatic nitrogens is 1. The summed E-state index contributed by atoms with van der Waals surface area (Å²) in [5.74, 6) is -1.45. The fraction of sp³-hybridized carbons (Fsp3) is 0.273. The first-order valence-electron chi connectivity index (χ1n) is 10.0. The van der Waals surface area contributed by atoms with Gasteiger partial charge in [0.05, 0.1) is 11.1 Å². The average Bonchev–Trinajstić information content (AvgIpc) is 2.80. The summed E-state index contributed by atoms with van der Waals surface area (Å²) in [5, 5.41) is 2.15. The first-order chi connectivity index (χ1) is 15.6. The Balaban J connectivity index is 1.65. The number of hydrogen-bond donors (Lipinski definition) is 1. The van der Waals surface area contributed by atoms with Gasteiger partial charge in [-0.05, 0) is 30.3 Å². The van der Waals surface area contributed by atoms with Gasteiger partial charge in [0.1, 0.15) is 16.4 Å². The van der Waals surface area contributed by atoms with Crippen molar-refractivity contribution in [3.05, 3.63) is 64.1 Å². The van der Waals surface area contributed by atoms with Gasteiger partial charge in [0.25, 0.3) is 0 Å². The van der Waals surface area contributed by atoms with Gasteiger partial charge in [-0.15, -0.1) is 0 Å². The lowest BCUT2D eigenvalue weighted by atomic mass is 9.96. The molecule has 1 saturated heterocycles. The van der Waals surface area contributed by atoms with Crippen LogP contribution in [0, 0.1) is 0 Å². The molecule has 2 aromatic rings. The molecule has 0 saturated carbocycles. The molecule has 1 aliphatic carbocycles. The number of alkyl halides is 3. The Morgan fingerprint density at radius 1 is 1.09 bits per heavy atom. The van der Waals surface area contributed by atoms with E-state index in [1.807, 2.05) is 0 Å². The second-order valence-corrected chi connectivity index (χ2v) is 7.97. The lowest BCUT2D eigenvalue weighted by Gasteiger charge is -2.36. The number of allylic oxidation sites excluding steroid dienone is 2. The van der Waals surface area contributed by atoms with E-state index >= 15 is 0 Å². The van der Waals surface area contributed by atoms with E-state index in [0.717, 1.165) is 6.07 Å². The van der Waals surface area contributed by atoms with E-state index in [4.69, 9.17) is 11.6 Å². The van der Waals surface area contributed by atoms with Gasteiger partial charge in [0.2, 0.25) is 17.5 Å². The van der Waals surface area contributed by atoms with Crippen molar-refractivity contribution in [1.29, 1.82) is 0 Å². The number of halogens is 4. The topological polar surface area (TPSA) is 82.6 Å². The highest BCUT2D eigenvalue weighted by molar-refractivity contribution is 6.50. The minimum Gasteiger partial charge on any atom is -0.367 e.